The summed E-state index contributed by atoms with van der Waals surface area (Å²) in [6.07, 6.45) is 5.05. The summed E-state index contributed by atoms with van der Waals surface area (Å²) in [5.74, 6) is 5.48. The molecule has 0 heterocycles. The van der Waals surface area contributed by atoms with Crippen LogP contribution in [-0.4, -0.2) is 59.7 Å². The van der Waals surface area contributed by atoms with Crippen molar-refractivity contribution in [3.63, 3.8) is 0 Å². The minimum atomic E-state index is -0.631. The molecule has 0 aromatic heterocycles. The number of amides is 2. The molecule has 1 aliphatic rings. The lowest BCUT2D eigenvalue weighted by molar-refractivity contribution is -0.131. The number of ketones is 1. The quantitative estimate of drug-likeness (QED) is 0.259. The molecule has 1 saturated carbocycles. The molecule has 1 aliphatic carbocycles. The Kier molecular flexibility index (Phi) is 10.4. The molecule has 9 heteroatoms. The standard InChI is InChI=1S/C22H32N4O4S/c1-16(24-20(28)17-9-5-3-6-10-17)19(27)15-30-22(25-23)31-14-13-26(2)21(29)18-11-7-4-8-12-18/h4,7-8,11-12,16-17H,3,5-6,9-10,13-15,23H2,1-2H3,(H,24,28)/b25-22+/t16-/m0/s1. The van der Waals surface area contributed by atoms with Crippen molar-refractivity contribution < 1.29 is 19.1 Å². The molecule has 0 aliphatic heterocycles. The number of carbonyl (C=O) groups excluding carboxylic acids is 3. The Hall–Kier alpha value is -2.55. The molecule has 1 aromatic carbocycles. The number of benzene rings is 1. The van der Waals surface area contributed by atoms with Crippen LogP contribution in [0.3, 0.4) is 0 Å². The van der Waals surface area contributed by atoms with Crippen molar-refractivity contribution in [1.29, 1.82) is 0 Å². The Morgan fingerprint density at radius 3 is 2.55 bits per heavy atom. The number of ether oxygens (including phenoxy) is 1. The lowest BCUT2D eigenvalue weighted by Crippen LogP contribution is -2.43. The maximum Gasteiger partial charge on any atom is 0.267 e. The number of hydrogen-bond donors (Lipinski definition) is 2. The van der Waals surface area contributed by atoms with Gasteiger partial charge in [0.05, 0.1) is 6.04 Å². The normalized spacial score (nSPS) is 15.7. The van der Waals surface area contributed by atoms with Gasteiger partial charge in [-0.15, -0.1) is 5.10 Å². The zero-order valence-corrected chi connectivity index (χ0v) is 19.0. The molecule has 0 unspecified atom stereocenters. The topological polar surface area (TPSA) is 114 Å². The smallest absolute Gasteiger partial charge is 0.267 e. The number of nitrogens with one attached hydrogen (secondary N) is 1. The molecular formula is C22H32N4O4S. The van der Waals surface area contributed by atoms with Crippen molar-refractivity contribution in [3.05, 3.63) is 35.9 Å². The van der Waals surface area contributed by atoms with Crippen molar-refractivity contribution in [3.8, 4) is 0 Å². The zero-order valence-electron chi connectivity index (χ0n) is 18.2. The molecule has 0 radical (unpaired) electrons. The van der Waals surface area contributed by atoms with E-state index < -0.39 is 6.04 Å². The largest absolute Gasteiger partial charge is 0.464 e. The Labute approximate surface area is 188 Å². The highest BCUT2D eigenvalue weighted by atomic mass is 32.2. The van der Waals surface area contributed by atoms with Crippen LogP contribution in [0.5, 0.6) is 0 Å². The molecular weight excluding hydrogens is 416 g/mol. The highest BCUT2D eigenvalue weighted by Gasteiger charge is 2.24. The highest BCUT2D eigenvalue weighted by molar-refractivity contribution is 8.13. The van der Waals surface area contributed by atoms with Gasteiger partial charge in [-0.25, -0.2) is 0 Å². The summed E-state index contributed by atoms with van der Waals surface area (Å²) in [5.41, 5.74) is 0.619. The monoisotopic (exact) mass is 448 g/mol. The zero-order chi connectivity index (χ0) is 22.6. The Morgan fingerprint density at radius 2 is 1.90 bits per heavy atom. The Balaban J connectivity index is 1.69. The fraction of sp³-hybridized carbons (Fsp3) is 0.545. The molecule has 2 amide bonds. The molecule has 31 heavy (non-hydrogen) atoms. The van der Waals surface area contributed by atoms with Crippen LogP contribution >= 0.6 is 11.8 Å². The van der Waals surface area contributed by atoms with E-state index in [1.54, 1.807) is 31.0 Å². The van der Waals surface area contributed by atoms with Crippen LogP contribution in [0.4, 0.5) is 0 Å². The van der Waals surface area contributed by atoms with E-state index in [1.807, 2.05) is 18.2 Å². The van der Waals surface area contributed by atoms with Crippen LogP contribution in [-0.2, 0) is 14.3 Å². The molecule has 0 bridgehead atoms. The number of hydrogen-bond acceptors (Lipinski definition) is 7. The number of thioether (sulfide) groups is 1. The molecule has 2 rings (SSSR count). The first-order chi connectivity index (χ1) is 14.9. The maximum atomic E-state index is 12.3. The van der Waals surface area contributed by atoms with Crippen LogP contribution in [0.1, 0.15) is 49.4 Å². The summed E-state index contributed by atoms with van der Waals surface area (Å²) in [6.45, 7) is 1.89. The van der Waals surface area contributed by atoms with Gasteiger partial charge in [0.1, 0.15) is 0 Å². The second-order valence-electron chi connectivity index (χ2n) is 7.66. The first-order valence-electron chi connectivity index (χ1n) is 10.6. The van der Waals surface area contributed by atoms with Crippen molar-refractivity contribution in [1.82, 2.24) is 10.2 Å². The average molecular weight is 449 g/mol. The van der Waals surface area contributed by atoms with E-state index in [2.05, 4.69) is 10.4 Å². The van der Waals surface area contributed by atoms with Crippen molar-refractivity contribution >= 4 is 34.6 Å². The fourth-order valence-electron chi connectivity index (χ4n) is 3.32. The molecule has 0 saturated heterocycles. The molecule has 3 N–H and O–H groups in total. The van der Waals surface area contributed by atoms with Gasteiger partial charge in [0.15, 0.2) is 12.4 Å². The summed E-state index contributed by atoms with van der Waals surface area (Å²) in [4.78, 5) is 38.5. The number of rotatable bonds is 9. The summed E-state index contributed by atoms with van der Waals surface area (Å²) < 4.78 is 5.41. The fourth-order valence-corrected chi connectivity index (χ4v) is 4.08. The van der Waals surface area contributed by atoms with Crippen molar-refractivity contribution in [2.24, 2.45) is 16.9 Å². The van der Waals surface area contributed by atoms with E-state index >= 15 is 0 Å². The minimum absolute atomic E-state index is 0.00257. The van der Waals surface area contributed by atoms with Crippen LogP contribution in [0.15, 0.2) is 35.4 Å². The van der Waals surface area contributed by atoms with Gasteiger partial charge >= 0.3 is 0 Å². The van der Waals surface area contributed by atoms with Gasteiger partial charge < -0.3 is 20.8 Å². The first kappa shape index (κ1) is 24.7. The third-order valence-electron chi connectivity index (χ3n) is 5.28. The Bertz CT molecular complexity index is 766. The molecule has 1 atom stereocenters. The van der Waals surface area contributed by atoms with Crippen molar-refractivity contribution in [2.75, 3.05) is 26.0 Å². The van der Waals surface area contributed by atoms with Gasteiger partial charge in [0, 0.05) is 30.8 Å². The van der Waals surface area contributed by atoms with Gasteiger partial charge in [-0.3, -0.25) is 14.4 Å². The third-order valence-corrected chi connectivity index (χ3v) is 6.14. The van der Waals surface area contributed by atoms with E-state index in [0.29, 0.717) is 17.9 Å². The molecule has 170 valence electrons. The van der Waals surface area contributed by atoms with E-state index in [9.17, 15) is 14.4 Å². The number of carbonyl (C=O) groups is 3. The van der Waals surface area contributed by atoms with Crippen LogP contribution in [0, 0.1) is 5.92 Å². The predicted octanol–water partition coefficient (Wildman–Crippen LogP) is 2.39. The second kappa shape index (κ2) is 13.0. The van der Waals surface area contributed by atoms with Crippen LogP contribution < -0.4 is 11.2 Å². The number of nitrogens with two attached hydrogens (primary N) is 1. The molecule has 1 fully saturated rings. The third kappa shape index (κ3) is 8.24. The summed E-state index contributed by atoms with van der Waals surface area (Å²) in [5, 5.41) is 6.52. The lowest BCUT2D eigenvalue weighted by atomic mass is 9.88. The van der Waals surface area contributed by atoms with Gasteiger partial charge in [-0.05, 0) is 31.9 Å². The number of nitrogens with zero attached hydrogens (tertiary/aromatic N) is 2. The summed E-state index contributed by atoms with van der Waals surface area (Å²) in [7, 11) is 1.72. The lowest BCUT2D eigenvalue weighted by Gasteiger charge is -2.22. The molecule has 8 nitrogen and oxygen atoms in total. The average Bonchev–Trinajstić information content (AvgIpc) is 2.81. The molecule has 1 aromatic rings. The van der Waals surface area contributed by atoms with E-state index in [4.69, 9.17) is 10.6 Å². The van der Waals surface area contributed by atoms with Gasteiger partial charge in [-0.2, -0.15) is 0 Å². The van der Waals surface area contributed by atoms with Crippen LogP contribution in [0.25, 0.3) is 0 Å². The van der Waals surface area contributed by atoms with E-state index in [1.165, 1.54) is 18.2 Å². The van der Waals surface area contributed by atoms with E-state index in [-0.39, 0.29) is 35.4 Å². The molecule has 0 spiro atoms. The second-order valence-corrected chi connectivity index (χ2v) is 8.70. The summed E-state index contributed by atoms with van der Waals surface area (Å²) >= 11 is 1.22. The minimum Gasteiger partial charge on any atom is -0.464 e. The summed E-state index contributed by atoms with van der Waals surface area (Å²) in [6, 6.07) is 8.39. The van der Waals surface area contributed by atoms with Gasteiger partial charge in [0.2, 0.25) is 5.91 Å². The van der Waals surface area contributed by atoms with E-state index in [0.717, 1.165) is 25.7 Å². The van der Waals surface area contributed by atoms with Gasteiger partial charge in [0.25, 0.3) is 11.1 Å². The van der Waals surface area contributed by atoms with Gasteiger partial charge in [-0.1, -0.05) is 49.2 Å². The predicted molar refractivity (Wildman–Crippen MR) is 123 cm³/mol. The first-order valence-corrected chi connectivity index (χ1v) is 11.6. The SMILES string of the molecule is C[C@H](NC(=O)C1CCCCC1)C(=O)CO/C(=N\N)SCCN(C)C(=O)c1ccccc1. The number of Topliss-reactive ketones (excluding diaryl/α,β-unsaturated/α-hetero) is 1. The van der Waals surface area contributed by atoms with Crippen LogP contribution in [0.2, 0.25) is 0 Å². The number of hydrazone groups is 1. The Morgan fingerprint density at radius 1 is 1.23 bits per heavy atom. The van der Waals surface area contributed by atoms with Crippen molar-refractivity contribution in [2.45, 2.75) is 45.1 Å². The maximum absolute atomic E-state index is 12.3. The highest BCUT2D eigenvalue weighted by Crippen LogP contribution is 2.23.